The molecule has 5 heteroatoms. The fourth-order valence-electron chi connectivity index (χ4n) is 1.06. The summed E-state index contributed by atoms with van der Waals surface area (Å²) in [5.74, 6) is 0.768. The zero-order valence-corrected chi connectivity index (χ0v) is 9.06. The molecule has 0 bridgehead atoms. The normalized spacial score (nSPS) is 10.6. The van der Waals surface area contributed by atoms with Crippen LogP contribution in [0.15, 0.2) is 26.7 Å². The fourth-order valence-corrected chi connectivity index (χ4v) is 2.62. The highest BCUT2D eigenvalue weighted by Crippen LogP contribution is 2.34. The lowest BCUT2D eigenvalue weighted by atomic mass is 10.3. The van der Waals surface area contributed by atoms with E-state index in [0.717, 1.165) is 20.8 Å². The lowest BCUT2D eigenvalue weighted by Crippen LogP contribution is -1.97. The summed E-state index contributed by atoms with van der Waals surface area (Å²) in [6.07, 6.45) is 1.42. The Morgan fingerprint density at radius 1 is 1.62 bits per heavy atom. The van der Waals surface area contributed by atoms with Gasteiger partial charge in [-0.3, -0.25) is 0 Å². The minimum absolute atomic E-state index is 0.399. The molecule has 0 amide bonds. The maximum absolute atomic E-state index is 5.52. The minimum Gasteiger partial charge on any atom is -0.442 e. The topological polar surface area (TPSA) is 52.0 Å². The van der Waals surface area contributed by atoms with Crippen LogP contribution in [0.2, 0.25) is 0 Å². The average molecular weight is 259 g/mol. The Labute approximate surface area is 87.7 Å². The molecule has 0 saturated carbocycles. The van der Waals surface area contributed by atoms with Crippen LogP contribution in [-0.4, -0.2) is 4.98 Å². The summed E-state index contributed by atoms with van der Waals surface area (Å²) in [7, 11) is 0. The molecular weight excluding hydrogens is 252 g/mol. The first-order valence-corrected chi connectivity index (χ1v) is 5.36. The van der Waals surface area contributed by atoms with Crippen molar-refractivity contribution >= 4 is 27.3 Å². The van der Waals surface area contributed by atoms with Gasteiger partial charge in [0.1, 0.15) is 5.69 Å². The second kappa shape index (κ2) is 3.61. The van der Waals surface area contributed by atoms with E-state index in [1.54, 1.807) is 11.3 Å². The van der Waals surface area contributed by atoms with Crippen LogP contribution < -0.4 is 5.73 Å². The number of rotatable bonds is 2. The van der Waals surface area contributed by atoms with Crippen molar-refractivity contribution < 1.29 is 4.42 Å². The van der Waals surface area contributed by atoms with Crippen LogP contribution in [0, 0.1) is 0 Å². The second-order valence-electron chi connectivity index (χ2n) is 2.43. The van der Waals surface area contributed by atoms with Crippen LogP contribution >= 0.6 is 27.3 Å². The molecule has 0 aliphatic rings. The lowest BCUT2D eigenvalue weighted by Gasteiger charge is -1.95. The highest BCUT2D eigenvalue weighted by atomic mass is 79.9. The van der Waals surface area contributed by atoms with E-state index in [4.69, 9.17) is 10.2 Å². The average Bonchev–Trinajstić information content (AvgIpc) is 2.71. The molecule has 0 aromatic carbocycles. The van der Waals surface area contributed by atoms with Gasteiger partial charge in [-0.25, -0.2) is 4.98 Å². The molecule has 2 aromatic heterocycles. The molecule has 0 unspecified atom stereocenters. The Kier molecular flexibility index (Phi) is 2.48. The Hall–Kier alpha value is -0.650. The summed E-state index contributed by atoms with van der Waals surface area (Å²) in [5, 5.41) is 1.99. The maximum atomic E-state index is 5.52. The van der Waals surface area contributed by atoms with Gasteiger partial charge in [-0.15, -0.1) is 11.3 Å². The molecule has 0 aliphatic carbocycles. The Morgan fingerprint density at radius 3 is 3.08 bits per heavy atom. The second-order valence-corrected chi connectivity index (χ2v) is 4.20. The minimum atomic E-state index is 0.399. The van der Waals surface area contributed by atoms with Gasteiger partial charge in [0.05, 0.1) is 4.88 Å². The zero-order chi connectivity index (χ0) is 9.26. The number of thiophene rings is 1. The molecule has 0 fully saturated rings. The molecule has 3 nitrogen and oxygen atoms in total. The number of aromatic nitrogens is 1. The molecule has 0 saturated heterocycles. The van der Waals surface area contributed by atoms with E-state index >= 15 is 0 Å². The van der Waals surface area contributed by atoms with Crippen molar-refractivity contribution in [3.05, 3.63) is 28.0 Å². The van der Waals surface area contributed by atoms with E-state index in [0.29, 0.717) is 6.54 Å². The molecule has 2 N–H and O–H groups in total. The molecule has 0 radical (unpaired) electrons. The van der Waals surface area contributed by atoms with Crippen molar-refractivity contribution in [2.75, 3.05) is 0 Å². The lowest BCUT2D eigenvalue weighted by molar-refractivity contribution is 0.572. The van der Waals surface area contributed by atoms with Crippen LogP contribution in [0.3, 0.4) is 0 Å². The largest absolute Gasteiger partial charge is 0.442 e. The molecular formula is C8H7BrN2OS. The number of hydrogen-bond donors (Lipinski definition) is 1. The third kappa shape index (κ3) is 1.54. The molecule has 0 spiro atoms. The zero-order valence-electron chi connectivity index (χ0n) is 6.66. The van der Waals surface area contributed by atoms with Crippen molar-refractivity contribution in [2.24, 2.45) is 5.73 Å². The number of hydrogen-bond acceptors (Lipinski definition) is 4. The molecule has 0 atom stereocenters. The van der Waals surface area contributed by atoms with E-state index in [1.807, 2.05) is 11.4 Å². The molecule has 13 heavy (non-hydrogen) atoms. The Bertz CT molecular complexity index is 410. The predicted molar refractivity (Wildman–Crippen MR) is 55.4 cm³/mol. The van der Waals surface area contributed by atoms with Gasteiger partial charge in [-0.05, 0) is 27.4 Å². The SMILES string of the molecule is NCc1ncoc1-c1sccc1Br. The van der Waals surface area contributed by atoms with Crippen LogP contribution in [-0.2, 0) is 6.54 Å². The first-order chi connectivity index (χ1) is 6.33. The van der Waals surface area contributed by atoms with Crippen molar-refractivity contribution in [2.45, 2.75) is 6.54 Å². The summed E-state index contributed by atoms with van der Waals surface area (Å²) in [4.78, 5) is 5.07. The van der Waals surface area contributed by atoms with E-state index in [-0.39, 0.29) is 0 Å². The van der Waals surface area contributed by atoms with Gasteiger partial charge >= 0.3 is 0 Å². The van der Waals surface area contributed by atoms with Gasteiger partial charge in [0, 0.05) is 11.0 Å². The van der Waals surface area contributed by atoms with Crippen molar-refractivity contribution in [1.82, 2.24) is 4.98 Å². The number of oxazole rings is 1. The summed E-state index contributed by atoms with van der Waals surface area (Å²) in [6, 6.07) is 1.98. The van der Waals surface area contributed by atoms with Gasteiger partial charge in [-0.1, -0.05) is 0 Å². The maximum Gasteiger partial charge on any atom is 0.181 e. The number of nitrogens with zero attached hydrogens (tertiary/aromatic N) is 1. The highest BCUT2D eigenvalue weighted by Gasteiger charge is 2.13. The summed E-state index contributed by atoms with van der Waals surface area (Å²) in [5.41, 5.74) is 6.31. The third-order valence-electron chi connectivity index (χ3n) is 1.66. The fraction of sp³-hybridized carbons (Fsp3) is 0.125. The quantitative estimate of drug-likeness (QED) is 0.901. The first kappa shape index (κ1) is 8.93. The van der Waals surface area contributed by atoms with Gasteiger partial charge in [0.25, 0.3) is 0 Å². The van der Waals surface area contributed by atoms with Crippen LogP contribution in [0.5, 0.6) is 0 Å². The smallest absolute Gasteiger partial charge is 0.181 e. The Balaban J connectivity index is 2.52. The number of nitrogens with two attached hydrogens (primary N) is 1. The summed E-state index contributed by atoms with van der Waals surface area (Å²) in [6.45, 7) is 0.399. The van der Waals surface area contributed by atoms with Crippen molar-refractivity contribution in [1.29, 1.82) is 0 Å². The van der Waals surface area contributed by atoms with E-state index in [1.165, 1.54) is 6.39 Å². The highest BCUT2D eigenvalue weighted by molar-refractivity contribution is 9.10. The van der Waals surface area contributed by atoms with E-state index in [9.17, 15) is 0 Å². The van der Waals surface area contributed by atoms with Gasteiger partial charge < -0.3 is 10.2 Å². The summed E-state index contributed by atoms with van der Waals surface area (Å²) < 4.78 is 6.29. The third-order valence-corrected chi connectivity index (χ3v) is 3.49. The molecule has 2 heterocycles. The standard InChI is InChI=1S/C8H7BrN2OS/c9-5-1-2-13-8(5)7-6(3-10)11-4-12-7/h1-2,4H,3,10H2. The molecule has 0 aliphatic heterocycles. The Morgan fingerprint density at radius 2 is 2.46 bits per heavy atom. The van der Waals surface area contributed by atoms with Crippen molar-refractivity contribution in [3.8, 4) is 10.6 Å². The monoisotopic (exact) mass is 258 g/mol. The van der Waals surface area contributed by atoms with Crippen LogP contribution in [0.25, 0.3) is 10.6 Å². The van der Waals surface area contributed by atoms with E-state index < -0.39 is 0 Å². The van der Waals surface area contributed by atoms with Gasteiger partial charge in [0.2, 0.25) is 0 Å². The summed E-state index contributed by atoms with van der Waals surface area (Å²) >= 11 is 5.03. The van der Waals surface area contributed by atoms with Crippen LogP contribution in [0.4, 0.5) is 0 Å². The van der Waals surface area contributed by atoms with Crippen LogP contribution in [0.1, 0.15) is 5.69 Å². The predicted octanol–water partition coefficient (Wildman–Crippen LogP) is 2.62. The molecule has 2 aromatic rings. The van der Waals surface area contributed by atoms with Gasteiger partial charge in [0.15, 0.2) is 12.2 Å². The molecule has 2 rings (SSSR count). The van der Waals surface area contributed by atoms with E-state index in [2.05, 4.69) is 20.9 Å². The van der Waals surface area contributed by atoms with Crippen molar-refractivity contribution in [3.63, 3.8) is 0 Å². The van der Waals surface area contributed by atoms with Gasteiger partial charge in [-0.2, -0.15) is 0 Å². The molecule has 68 valence electrons. The number of halogens is 1. The first-order valence-electron chi connectivity index (χ1n) is 3.68.